The maximum Gasteiger partial charge on any atom is 0.339 e. The lowest BCUT2D eigenvalue weighted by Gasteiger charge is -2.12. The van der Waals surface area contributed by atoms with Crippen molar-refractivity contribution in [1.82, 2.24) is 4.90 Å². The summed E-state index contributed by atoms with van der Waals surface area (Å²) in [7, 11) is 0. The van der Waals surface area contributed by atoms with Crippen LogP contribution in [-0.4, -0.2) is 27.8 Å². The van der Waals surface area contributed by atoms with Crippen molar-refractivity contribution in [1.29, 1.82) is 0 Å². The number of likely N-dealkylation sites (tertiary alicyclic amines) is 1. The van der Waals surface area contributed by atoms with Crippen molar-refractivity contribution in [3.63, 3.8) is 0 Å². The van der Waals surface area contributed by atoms with Crippen LogP contribution in [0.25, 0.3) is 0 Å². The Hall–Kier alpha value is -2.11. The average molecular weight is 237 g/mol. The molecule has 1 N–H and O–H groups in total. The monoisotopic (exact) mass is 237 g/mol. The van der Waals surface area contributed by atoms with Crippen LogP contribution in [0.2, 0.25) is 0 Å². The minimum absolute atomic E-state index is 0.0230. The molecule has 0 aromatic carbocycles. The number of hydrogen-bond donors (Lipinski definition) is 1. The summed E-state index contributed by atoms with van der Waals surface area (Å²) < 4.78 is 4.99. The van der Waals surface area contributed by atoms with Gasteiger partial charge < -0.3 is 9.52 Å². The van der Waals surface area contributed by atoms with E-state index < -0.39 is 5.97 Å². The highest BCUT2D eigenvalue weighted by molar-refractivity contribution is 6.03. The largest absolute Gasteiger partial charge is 0.478 e. The summed E-state index contributed by atoms with van der Waals surface area (Å²) in [6, 6.07) is 1.30. The standard InChI is InChI=1S/C11H11NO5/c1-6-4-9(13)12(10(6)14)5-8-7(11(15)16)2-3-17-8/h2-3,6H,4-5H2,1H3,(H,15,16). The van der Waals surface area contributed by atoms with Crippen LogP contribution >= 0.6 is 0 Å². The number of nitrogens with zero attached hydrogens (tertiary/aromatic N) is 1. The van der Waals surface area contributed by atoms with Gasteiger partial charge in [0, 0.05) is 12.3 Å². The summed E-state index contributed by atoms with van der Waals surface area (Å²) in [5, 5.41) is 8.86. The number of furan rings is 1. The molecular formula is C11H11NO5. The van der Waals surface area contributed by atoms with Gasteiger partial charge in [-0.1, -0.05) is 6.92 Å². The number of carboxylic acids is 1. The fourth-order valence-electron chi connectivity index (χ4n) is 1.81. The first-order valence-corrected chi connectivity index (χ1v) is 5.14. The van der Waals surface area contributed by atoms with Crippen molar-refractivity contribution >= 4 is 17.8 Å². The Balaban J connectivity index is 2.21. The normalized spacial score (nSPS) is 20.1. The molecule has 0 saturated carbocycles. The Bertz CT molecular complexity index is 490. The molecule has 1 saturated heterocycles. The minimum Gasteiger partial charge on any atom is -0.478 e. The molecule has 1 aromatic rings. The summed E-state index contributed by atoms with van der Waals surface area (Å²) in [6.45, 7) is 1.55. The first-order chi connectivity index (χ1) is 8.00. The van der Waals surface area contributed by atoms with E-state index in [1.165, 1.54) is 12.3 Å². The van der Waals surface area contributed by atoms with Crippen LogP contribution in [0.1, 0.15) is 29.5 Å². The van der Waals surface area contributed by atoms with E-state index >= 15 is 0 Å². The summed E-state index contributed by atoms with van der Waals surface area (Å²) >= 11 is 0. The zero-order valence-electron chi connectivity index (χ0n) is 9.17. The van der Waals surface area contributed by atoms with Gasteiger partial charge in [0.15, 0.2) is 0 Å². The van der Waals surface area contributed by atoms with Gasteiger partial charge in [-0.25, -0.2) is 4.79 Å². The molecule has 17 heavy (non-hydrogen) atoms. The second kappa shape index (κ2) is 4.04. The van der Waals surface area contributed by atoms with Gasteiger partial charge >= 0.3 is 5.97 Å². The van der Waals surface area contributed by atoms with E-state index in [0.29, 0.717) is 0 Å². The number of imide groups is 1. The molecule has 0 aliphatic carbocycles. The fourth-order valence-corrected chi connectivity index (χ4v) is 1.81. The van der Waals surface area contributed by atoms with Crippen LogP contribution in [0.3, 0.4) is 0 Å². The molecule has 1 unspecified atom stereocenters. The Kier molecular flexibility index (Phi) is 2.71. The number of hydrogen-bond acceptors (Lipinski definition) is 4. The summed E-state index contributed by atoms with van der Waals surface area (Å²) in [5.41, 5.74) is -0.0230. The van der Waals surface area contributed by atoms with E-state index in [0.717, 1.165) is 4.90 Å². The smallest absolute Gasteiger partial charge is 0.339 e. The van der Waals surface area contributed by atoms with Gasteiger partial charge in [-0.15, -0.1) is 0 Å². The molecule has 0 spiro atoms. The Morgan fingerprint density at radius 2 is 2.29 bits per heavy atom. The first-order valence-electron chi connectivity index (χ1n) is 5.14. The lowest BCUT2D eigenvalue weighted by Crippen LogP contribution is -2.30. The van der Waals surface area contributed by atoms with Crippen molar-refractivity contribution in [2.45, 2.75) is 19.9 Å². The highest BCUT2D eigenvalue weighted by Gasteiger charge is 2.36. The average Bonchev–Trinajstić information content (AvgIpc) is 2.80. The molecule has 2 rings (SSSR count). The summed E-state index contributed by atoms with van der Waals surface area (Å²) in [5.74, 6) is -1.95. The molecule has 1 atom stereocenters. The Morgan fingerprint density at radius 3 is 2.82 bits per heavy atom. The summed E-state index contributed by atoms with van der Waals surface area (Å²) in [6.07, 6.45) is 1.40. The maximum atomic E-state index is 11.6. The van der Waals surface area contributed by atoms with Crippen LogP contribution in [0.15, 0.2) is 16.7 Å². The van der Waals surface area contributed by atoms with Gasteiger partial charge in [0.05, 0.1) is 12.8 Å². The van der Waals surface area contributed by atoms with Crippen LogP contribution in [0.4, 0.5) is 0 Å². The summed E-state index contributed by atoms with van der Waals surface area (Å²) in [4.78, 5) is 35.0. The van der Waals surface area contributed by atoms with Gasteiger partial charge in [0.1, 0.15) is 11.3 Å². The minimum atomic E-state index is -1.14. The van der Waals surface area contributed by atoms with Gasteiger partial charge in [-0.05, 0) is 6.07 Å². The lowest BCUT2D eigenvalue weighted by molar-refractivity contribution is -0.140. The van der Waals surface area contributed by atoms with Gasteiger partial charge in [-0.3, -0.25) is 14.5 Å². The van der Waals surface area contributed by atoms with Crippen molar-refractivity contribution < 1.29 is 23.9 Å². The van der Waals surface area contributed by atoms with Crippen molar-refractivity contribution in [2.24, 2.45) is 5.92 Å². The molecule has 0 bridgehead atoms. The topological polar surface area (TPSA) is 87.8 Å². The quantitative estimate of drug-likeness (QED) is 0.788. The third kappa shape index (κ3) is 1.93. The predicted molar refractivity (Wildman–Crippen MR) is 55.0 cm³/mol. The number of carboxylic acid groups (broad SMARTS) is 1. The molecule has 2 heterocycles. The third-order valence-corrected chi connectivity index (χ3v) is 2.75. The molecular weight excluding hydrogens is 226 g/mol. The highest BCUT2D eigenvalue weighted by Crippen LogP contribution is 2.22. The van der Waals surface area contributed by atoms with E-state index in [4.69, 9.17) is 9.52 Å². The zero-order valence-corrected chi connectivity index (χ0v) is 9.17. The van der Waals surface area contributed by atoms with Gasteiger partial charge in [-0.2, -0.15) is 0 Å². The third-order valence-electron chi connectivity index (χ3n) is 2.75. The number of amides is 2. The molecule has 1 aromatic heterocycles. The molecule has 1 fully saturated rings. The second-order valence-electron chi connectivity index (χ2n) is 3.99. The highest BCUT2D eigenvalue weighted by atomic mass is 16.4. The van der Waals surface area contributed by atoms with Gasteiger partial charge in [0.25, 0.3) is 0 Å². The molecule has 0 radical (unpaired) electrons. The van der Waals surface area contributed by atoms with Crippen LogP contribution in [0, 0.1) is 5.92 Å². The van der Waals surface area contributed by atoms with E-state index in [1.54, 1.807) is 6.92 Å². The van der Waals surface area contributed by atoms with E-state index in [9.17, 15) is 14.4 Å². The van der Waals surface area contributed by atoms with E-state index in [1.807, 2.05) is 0 Å². The Labute approximate surface area is 96.8 Å². The second-order valence-corrected chi connectivity index (χ2v) is 3.99. The Morgan fingerprint density at radius 1 is 1.59 bits per heavy atom. The van der Waals surface area contributed by atoms with E-state index in [-0.39, 0.29) is 42.0 Å². The van der Waals surface area contributed by atoms with Crippen molar-refractivity contribution in [3.8, 4) is 0 Å². The van der Waals surface area contributed by atoms with Crippen LogP contribution in [-0.2, 0) is 16.1 Å². The number of rotatable bonds is 3. The molecule has 2 amide bonds. The molecule has 6 heteroatoms. The predicted octanol–water partition coefficient (Wildman–Crippen LogP) is 0.873. The van der Waals surface area contributed by atoms with Crippen molar-refractivity contribution in [2.75, 3.05) is 0 Å². The van der Waals surface area contributed by atoms with Gasteiger partial charge in [0.2, 0.25) is 11.8 Å². The molecule has 1 aliphatic heterocycles. The van der Waals surface area contributed by atoms with Crippen LogP contribution < -0.4 is 0 Å². The lowest BCUT2D eigenvalue weighted by atomic mass is 10.1. The van der Waals surface area contributed by atoms with E-state index in [2.05, 4.69) is 0 Å². The SMILES string of the molecule is CC1CC(=O)N(Cc2occc2C(=O)O)C1=O. The number of carbonyl (C=O) groups is 3. The number of aromatic carboxylic acids is 1. The fraction of sp³-hybridized carbons (Fsp3) is 0.364. The zero-order chi connectivity index (χ0) is 12.6. The first kappa shape index (κ1) is 11.4. The number of carbonyl (C=O) groups excluding carboxylic acids is 2. The molecule has 6 nitrogen and oxygen atoms in total. The van der Waals surface area contributed by atoms with Crippen molar-refractivity contribution in [3.05, 3.63) is 23.7 Å². The molecule has 1 aliphatic rings. The van der Waals surface area contributed by atoms with Crippen LogP contribution in [0.5, 0.6) is 0 Å². The maximum absolute atomic E-state index is 11.6. The molecule has 90 valence electrons.